The molecule has 1 aromatic heterocycles. The van der Waals surface area contributed by atoms with Crippen LogP contribution >= 0.6 is 11.6 Å². The summed E-state index contributed by atoms with van der Waals surface area (Å²) in [5, 5.41) is -0.238. The van der Waals surface area contributed by atoms with Crippen molar-refractivity contribution in [2.45, 2.75) is 11.4 Å². The molecule has 7 nitrogen and oxygen atoms in total. The number of hydrogen-bond donors (Lipinski definition) is 0. The molecule has 1 aliphatic heterocycles. The maximum atomic E-state index is 14.4. The molecule has 0 unspecified atom stereocenters. The molecule has 37 heavy (non-hydrogen) atoms. The highest BCUT2D eigenvalue weighted by atomic mass is 35.5. The molecule has 3 aromatic carbocycles. The quantitative estimate of drug-likeness (QED) is 0.274. The lowest BCUT2D eigenvalue weighted by molar-refractivity contribution is 0.401. The van der Waals surface area contributed by atoms with Crippen molar-refractivity contribution in [1.29, 1.82) is 0 Å². The Hall–Kier alpha value is -3.82. The monoisotopic (exact) mass is 540 g/mol. The SMILES string of the molecule is COc1ccc(Oc2nc(Oc3ccccc3F)c(Cl)c3c2N(Cc2ccccc2)CCS3(=O)=O)cc1. The van der Waals surface area contributed by atoms with Gasteiger partial charge in [0.1, 0.15) is 27.1 Å². The zero-order chi connectivity index (χ0) is 26.0. The highest BCUT2D eigenvalue weighted by Crippen LogP contribution is 2.48. The number of rotatable bonds is 7. The molecule has 190 valence electrons. The van der Waals surface area contributed by atoms with Crippen LogP contribution in [0, 0.1) is 5.82 Å². The molecule has 0 saturated carbocycles. The van der Waals surface area contributed by atoms with Crippen LogP contribution in [0.4, 0.5) is 10.1 Å². The molecule has 0 amide bonds. The number of para-hydroxylation sites is 1. The van der Waals surface area contributed by atoms with E-state index >= 15 is 0 Å². The van der Waals surface area contributed by atoms with Gasteiger partial charge in [-0.3, -0.25) is 0 Å². The lowest BCUT2D eigenvalue weighted by Crippen LogP contribution is -2.35. The van der Waals surface area contributed by atoms with Crippen LogP contribution in [0.5, 0.6) is 29.0 Å². The second-order valence-electron chi connectivity index (χ2n) is 8.25. The summed E-state index contributed by atoms with van der Waals surface area (Å²) in [5.41, 5.74) is 1.18. The minimum absolute atomic E-state index is 0.0323. The van der Waals surface area contributed by atoms with Gasteiger partial charge in [0.25, 0.3) is 0 Å². The van der Waals surface area contributed by atoms with E-state index in [0.717, 1.165) is 5.56 Å². The summed E-state index contributed by atoms with van der Waals surface area (Å²) in [5.74, 6) is -0.273. The molecule has 10 heteroatoms. The molecule has 0 bridgehead atoms. The van der Waals surface area contributed by atoms with Crippen molar-refractivity contribution in [3.8, 4) is 29.0 Å². The molecule has 0 aliphatic carbocycles. The Balaban J connectivity index is 1.67. The van der Waals surface area contributed by atoms with E-state index < -0.39 is 15.7 Å². The number of sulfone groups is 1. The molecular weight excluding hydrogens is 519 g/mol. The van der Waals surface area contributed by atoms with E-state index in [1.165, 1.54) is 18.2 Å². The Kier molecular flexibility index (Phi) is 6.90. The van der Waals surface area contributed by atoms with Crippen molar-refractivity contribution < 1.29 is 27.0 Å². The van der Waals surface area contributed by atoms with Crippen LogP contribution in [0.25, 0.3) is 0 Å². The van der Waals surface area contributed by atoms with Gasteiger partial charge in [0.05, 0.1) is 12.9 Å². The van der Waals surface area contributed by atoms with Gasteiger partial charge in [-0.05, 0) is 42.0 Å². The first-order chi connectivity index (χ1) is 17.9. The summed E-state index contributed by atoms with van der Waals surface area (Å²) in [6.07, 6.45) is 0. The predicted molar refractivity (Wildman–Crippen MR) is 138 cm³/mol. The van der Waals surface area contributed by atoms with Gasteiger partial charge in [-0.25, -0.2) is 12.8 Å². The minimum Gasteiger partial charge on any atom is -0.497 e. The third-order valence-corrected chi connectivity index (χ3v) is 8.00. The van der Waals surface area contributed by atoms with Crippen LogP contribution in [0.15, 0.2) is 83.8 Å². The lowest BCUT2D eigenvalue weighted by Gasteiger charge is -2.33. The maximum absolute atomic E-state index is 14.4. The molecule has 5 rings (SSSR count). The summed E-state index contributed by atoms with van der Waals surface area (Å²) in [7, 11) is -2.29. The van der Waals surface area contributed by atoms with Crippen LogP contribution in [0.2, 0.25) is 5.02 Å². The molecule has 0 fully saturated rings. The van der Waals surface area contributed by atoms with E-state index in [-0.39, 0.29) is 45.4 Å². The minimum atomic E-state index is -3.84. The van der Waals surface area contributed by atoms with Crippen LogP contribution in [-0.2, 0) is 16.4 Å². The molecule has 4 aromatic rings. The van der Waals surface area contributed by atoms with Gasteiger partial charge in [0.15, 0.2) is 21.4 Å². The summed E-state index contributed by atoms with van der Waals surface area (Å²) in [6, 6.07) is 22.0. The topological polar surface area (TPSA) is 78.0 Å². The van der Waals surface area contributed by atoms with Crippen molar-refractivity contribution in [1.82, 2.24) is 4.98 Å². The first kappa shape index (κ1) is 24.9. The predicted octanol–water partition coefficient (Wildman–Crippen LogP) is 6.26. The number of anilines is 1. The van der Waals surface area contributed by atoms with Gasteiger partial charge < -0.3 is 19.1 Å². The summed E-state index contributed by atoms with van der Waals surface area (Å²) < 4.78 is 57.9. The molecule has 0 atom stereocenters. The number of pyridine rings is 1. The van der Waals surface area contributed by atoms with E-state index in [0.29, 0.717) is 18.0 Å². The third-order valence-electron chi connectivity index (χ3n) is 5.80. The third kappa shape index (κ3) is 5.19. The van der Waals surface area contributed by atoms with Gasteiger partial charge in [-0.2, -0.15) is 4.98 Å². The van der Waals surface area contributed by atoms with E-state index in [2.05, 4.69) is 4.98 Å². The van der Waals surface area contributed by atoms with Crippen molar-refractivity contribution in [3.05, 3.63) is 95.3 Å². The van der Waals surface area contributed by atoms with Gasteiger partial charge in [0.2, 0.25) is 11.8 Å². The molecule has 0 saturated heterocycles. The second kappa shape index (κ2) is 10.3. The molecule has 0 radical (unpaired) electrons. The van der Waals surface area contributed by atoms with Crippen molar-refractivity contribution in [3.63, 3.8) is 0 Å². The van der Waals surface area contributed by atoms with Gasteiger partial charge in [0, 0.05) is 13.1 Å². The number of halogens is 2. The molecule has 1 aliphatic rings. The largest absolute Gasteiger partial charge is 0.497 e. The zero-order valence-corrected chi connectivity index (χ0v) is 21.3. The smallest absolute Gasteiger partial charge is 0.247 e. The van der Waals surface area contributed by atoms with Gasteiger partial charge in [-0.15, -0.1) is 0 Å². The fourth-order valence-corrected chi connectivity index (χ4v) is 6.05. The Morgan fingerprint density at radius 2 is 1.59 bits per heavy atom. The van der Waals surface area contributed by atoms with Crippen molar-refractivity contribution in [2.24, 2.45) is 0 Å². The Bertz CT molecular complexity index is 1530. The average Bonchev–Trinajstić information content (AvgIpc) is 2.90. The number of nitrogens with zero attached hydrogens (tertiary/aromatic N) is 2. The number of benzene rings is 3. The summed E-state index contributed by atoms with van der Waals surface area (Å²) in [4.78, 5) is 6.13. The Morgan fingerprint density at radius 3 is 2.30 bits per heavy atom. The highest BCUT2D eigenvalue weighted by Gasteiger charge is 2.37. The Labute approximate surface area is 218 Å². The normalized spacial score (nSPS) is 14.1. The van der Waals surface area contributed by atoms with Gasteiger partial charge in [-0.1, -0.05) is 54.1 Å². The fourth-order valence-electron chi connectivity index (χ4n) is 3.99. The van der Waals surface area contributed by atoms with E-state index in [1.807, 2.05) is 35.2 Å². The second-order valence-corrected chi connectivity index (χ2v) is 10.7. The van der Waals surface area contributed by atoms with E-state index in [1.54, 1.807) is 37.4 Å². The van der Waals surface area contributed by atoms with Crippen molar-refractivity contribution in [2.75, 3.05) is 24.3 Å². The van der Waals surface area contributed by atoms with Crippen molar-refractivity contribution >= 4 is 27.1 Å². The van der Waals surface area contributed by atoms with Crippen LogP contribution in [0.1, 0.15) is 5.56 Å². The Morgan fingerprint density at radius 1 is 0.919 bits per heavy atom. The summed E-state index contributed by atoms with van der Waals surface area (Å²) >= 11 is 6.61. The summed E-state index contributed by atoms with van der Waals surface area (Å²) in [6.45, 7) is 0.600. The van der Waals surface area contributed by atoms with E-state index in [4.69, 9.17) is 25.8 Å². The number of aromatic nitrogens is 1. The van der Waals surface area contributed by atoms with Gasteiger partial charge >= 0.3 is 0 Å². The number of ether oxygens (including phenoxy) is 3. The standard InChI is InChI=1S/C27H22ClFN2O5S/c1-34-19-11-13-20(14-12-19)35-27-24-25(23(28)26(30-27)36-22-10-6-5-9-21(22)29)37(32,33)16-15-31(24)17-18-7-3-2-4-8-18/h2-14H,15-17H2,1H3. The zero-order valence-electron chi connectivity index (χ0n) is 19.7. The number of methoxy groups -OCH3 is 1. The maximum Gasteiger partial charge on any atom is 0.247 e. The van der Waals surface area contributed by atoms with Crippen LogP contribution in [-0.4, -0.2) is 32.8 Å². The van der Waals surface area contributed by atoms with E-state index in [9.17, 15) is 12.8 Å². The average molecular weight is 541 g/mol. The number of hydrogen-bond acceptors (Lipinski definition) is 7. The first-order valence-electron chi connectivity index (χ1n) is 11.3. The van der Waals surface area contributed by atoms with Crippen LogP contribution < -0.4 is 19.1 Å². The molecular formula is C27H22ClFN2O5S. The molecule has 0 spiro atoms. The fraction of sp³-hybridized carbons (Fsp3) is 0.148. The lowest BCUT2D eigenvalue weighted by atomic mass is 10.2. The molecule has 2 heterocycles. The molecule has 0 N–H and O–H groups in total. The van der Waals surface area contributed by atoms with Crippen LogP contribution in [0.3, 0.4) is 0 Å². The first-order valence-corrected chi connectivity index (χ1v) is 13.4. The number of fused-ring (bicyclic) bond motifs is 1. The highest BCUT2D eigenvalue weighted by molar-refractivity contribution is 7.91.